The van der Waals surface area contributed by atoms with Gasteiger partial charge in [0.15, 0.2) is 5.69 Å². The number of carbonyl (C=O) groups excluding carboxylic acids is 1. The first-order chi connectivity index (χ1) is 10.2. The quantitative estimate of drug-likeness (QED) is 0.860. The molecular formula is C13H19F3N4O2. The lowest BCUT2D eigenvalue weighted by molar-refractivity contribution is -0.142. The summed E-state index contributed by atoms with van der Waals surface area (Å²) in [5, 5.41) is 15.5. The summed E-state index contributed by atoms with van der Waals surface area (Å²) in [4.78, 5) is 13.1. The van der Waals surface area contributed by atoms with Crippen LogP contribution >= 0.6 is 0 Å². The third-order valence-corrected chi connectivity index (χ3v) is 3.58. The summed E-state index contributed by atoms with van der Waals surface area (Å²) in [6.07, 6.45) is -2.03. The van der Waals surface area contributed by atoms with E-state index in [4.69, 9.17) is 0 Å². The Morgan fingerprint density at radius 1 is 1.59 bits per heavy atom. The van der Waals surface area contributed by atoms with Crippen LogP contribution in [0.15, 0.2) is 6.20 Å². The fraction of sp³-hybridized carbons (Fsp3) is 0.692. The van der Waals surface area contributed by atoms with E-state index in [0.29, 0.717) is 0 Å². The van der Waals surface area contributed by atoms with E-state index in [9.17, 15) is 23.1 Å². The molecule has 0 aromatic carbocycles. The molecular weight excluding hydrogens is 301 g/mol. The zero-order valence-electron chi connectivity index (χ0n) is 12.4. The van der Waals surface area contributed by atoms with Crippen LogP contribution in [0.25, 0.3) is 0 Å². The fourth-order valence-electron chi connectivity index (χ4n) is 2.20. The number of nitrogens with one attached hydrogen (secondary N) is 1. The van der Waals surface area contributed by atoms with E-state index in [-0.39, 0.29) is 24.6 Å². The molecule has 0 bridgehead atoms. The molecule has 1 heterocycles. The first-order valence-corrected chi connectivity index (χ1v) is 6.95. The highest BCUT2D eigenvalue weighted by Gasteiger charge is 2.37. The Kier molecular flexibility index (Phi) is 4.64. The van der Waals surface area contributed by atoms with E-state index in [2.05, 4.69) is 10.4 Å². The number of hydrogen-bond donors (Lipinski definition) is 2. The second-order valence-electron chi connectivity index (χ2n) is 5.62. The number of alkyl halides is 3. The number of aliphatic hydroxyl groups excluding tert-OH is 1. The molecule has 2 amide bonds. The van der Waals surface area contributed by atoms with Crippen LogP contribution in [-0.4, -0.2) is 45.5 Å². The molecule has 1 atom stereocenters. The van der Waals surface area contributed by atoms with Crippen molar-refractivity contribution in [2.24, 2.45) is 13.0 Å². The Labute approximate surface area is 125 Å². The van der Waals surface area contributed by atoms with Crippen molar-refractivity contribution in [3.63, 3.8) is 0 Å². The summed E-state index contributed by atoms with van der Waals surface area (Å²) in [6, 6.07) is -0.531. The minimum atomic E-state index is -4.56. The van der Waals surface area contributed by atoms with E-state index in [1.807, 2.05) is 0 Å². The highest BCUT2D eigenvalue weighted by atomic mass is 19.4. The van der Waals surface area contributed by atoms with E-state index < -0.39 is 24.0 Å². The van der Waals surface area contributed by atoms with Gasteiger partial charge in [0.05, 0.1) is 6.10 Å². The summed E-state index contributed by atoms with van der Waals surface area (Å²) in [5.74, 6) is 0.227. The Bertz CT molecular complexity index is 540. The van der Waals surface area contributed by atoms with Gasteiger partial charge in [-0.15, -0.1) is 0 Å². The van der Waals surface area contributed by atoms with Crippen LogP contribution in [0.4, 0.5) is 18.0 Å². The number of urea groups is 1. The van der Waals surface area contributed by atoms with Gasteiger partial charge in [0.25, 0.3) is 0 Å². The smallest absolute Gasteiger partial charge is 0.391 e. The molecule has 1 aliphatic carbocycles. The highest BCUT2D eigenvalue weighted by molar-refractivity contribution is 5.73. The monoisotopic (exact) mass is 320 g/mol. The Morgan fingerprint density at radius 2 is 2.23 bits per heavy atom. The number of aromatic nitrogens is 2. The first kappa shape index (κ1) is 16.6. The van der Waals surface area contributed by atoms with Crippen molar-refractivity contribution in [2.45, 2.75) is 31.7 Å². The van der Waals surface area contributed by atoms with Crippen LogP contribution in [0, 0.1) is 5.92 Å². The number of aliphatic hydroxyl groups is 1. The van der Waals surface area contributed by atoms with Crippen molar-refractivity contribution in [2.75, 3.05) is 13.6 Å². The van der Waals surface area contributed by atoms with Crippen molar-refractivity contribution in [3.8, 4) is 0 Å². The molecule has 22 heavy (non-hydrogen) atoms. The minimum Gasteiger partial charge on any atom is -0.391 e. The van der Waals surface area contributed by atoms with Gasteiger partial charge in [0, 0.05) is 38.9 Å². The fourth-order valence-corrected chi connectivity index (χ4v) is 2.20. The molecule has 1 fully saturated rings. The molecule has 0 spiro atoms. The molecule has 1 aromatic heterocycles. The van der Waals surface area contributed by atoms with Crippen molar-refractivity contribution in [1.29, 1.82) is 0 Å². The summed E-state index contributed by atoms with van der Waals surface area (Å²) < 4.78 is 39.4. The third-order valence-electron chi connectivity index (χ3n) is 3.58. The topological polar surface area (TPSA) is 70.4 Å². The lowest BCUT2D eigenvalue weighted by Crippen LogP contribution is -2.41. The zero-order chi connectivity index (χ0) is 16.5. The van der Waals surface area contributed by atoms with Crippen LogP contribution in [0.2, 0.25) is 0 Å². The van der Waals surface area contributed by atoms with Crippen LogP contribution in [-0.2, 0) is 19.8 Å². The summed E-state index contributed by atoms with van der Waals surface area (Å²) >= 11 is 0. The predicted molar refractivity (Wildman–Crippen MR) is 71.8 cm³/mol. The molecule has 1 aliphatic rings. The molecule has 1 saturated carbocycles. The van der Waals surface area contributed by atoms with E-state index >= 15 is 0 Å². The van der Waals surface area contributed by atoms with E-state index in [1.54, 1.807) is 0 Å². The molecule has 1 unspecified atom stereocenters. The van der Waals surface area contributed by atoms with Gasteiger partial charge in [-0.1, -0.05) is 0 Å². The SMILES string of the molecule is CN(CC(O)C1CC1)C(=O)NCc1cn(C)nc1C(F)(F)F. The van der Waals surface area contributed by atoms with Gasteiger partial charge in [-0.05, 0) is 18.8 Å². The van der Waals surface area contributed by atoms with Gasteiger partial charge >= 0.3 is 12.2 Å². The van der Waals surface area contributed by atoms with E-state index in [0.717, 1.165) is 17.5 Å². The Hall–Kier alpha value is -1.77. The molecule has 1 aromatic rings. The zero-order valence-corrected chi connectivity index (χ0v) is 12.4. The number of carbonyl (C=O) groups is 1. The van der Waals surface area contributed by atoms with Crippen LogP contribution < -0.4 is 5.32 Å². The minimum absolute atomic E-state index is 0.0977. The number of rotatable bonds is 5. The number of nitrogens with zero attached hydrogens (tertiary/aromatic N) is 3. The summed E-state index contributed by atoms with van der Waals surface area (Å²) in [7, 11) is 2.88. The summed E-state index contributed by atoms with van der Waals surface area (Å²) in [6.45, 7) is -0.110. The molecule has 0 saturated heterocycles. The predicted octanol–water partition coefficient (Wildman–Crippen LogP) is 1.35. The molecule has 124 valence electrons. The van der Waals surface area contributed by atoms with Crippen molar-refractivity contribution < 1.29 is 23.1 Å². The molecule has 0 aliphatic heterocycles. The average Bonchev–Trinajstić information content (AvgIpc) is 3.18. The first-order valence-electron chi connectivity index (χ1n) is 6.95. The Morgan fingerprint density at radius 3 is 2.77 bits per heavy atom. The van der Waals surface area contributed by atoms with Crippen molar-refractivity contribution in [1.82, 2.24) is 20.0 Å². The van der Waals surface area contributed by atoms with Gasteiger partial charge < -0.3 is 15.3 Å². The lowest BCUT2D eigenvalue weighted by atomic mass is 10.2. The third kappa shape index (κ3) is 4.12. The number of hydrogen-bond acceptors (Lipinski definition) is 3. The maximum absolute atomic E-state index is 12.8. The lowest BCUT2D eigenvalue weighted by Gasteiger charge is -2.21. The van der Waals surface area contributed by atoms with E-state index in [1.165, 1.54) is 25.2 Å². The molecule has 2 rings (SSSR count). The second kappa shape index (κ2) is 6.15. The van der Waals surface area contributed by atoms with Gasteiger partial charge in [-0.25, -0.2) is 4.79 Å². The largest absolute Gasteiger partial charge is 0.435 e. The standard InChI is InChI=1S/C13H19F3N4O2/c1-19(7-10(21)8-3-4-8)12(22)17-5-9-6-20(2)18-11(9)13(14,15)16/h6,8,10,21H,3-5,7H2,1-2H3,(H,17,22). The Balaban J connectivity index is 1.90. The van der Waals surface area contributed by atoms with Crippen molar-refractivity contribution >= 4 is 6.03 Å². The number of likely N-dealkylation sites (N-methyl/N-ethyl adjacent to an activating group) is 1. The molecule has 0 radical (unpaired) electrons. The van der Waals surface area contributed by atoms with Gasteiger partial charge in [-0.2, -0.15) is 18.3 Å². The molecule has 9 heteroatoms. The van der Waals surface area contributed by atoms with Crippen LogP contribution in [0.5, 0.6) is 0 Å². The molecule has 2 N–H and O–H groups in total. The number of aryl methyl sites for hydroxylation is 1. The van der Waals surface area contributed by atoms with Crippen LogP contribution in [0.1, 0.15) is 24.1 Å². The van der Waals surface area contributed by atoms with Crippen molar-refractivity contribution in [3.05, 3.63) is 17.5 Å². The number of halogens is 3. The number of amides is 2. The summed E-state index contributed by atoms with van der Waals surface area (Å²) in [5.41, 5.74) is -1.10. The maximum atomic E-state index is 12.8. The van der Waals surface area contributed by atoms with Gasteiger partial charge in [0.2, 0.25) is 0 Å². The van der Waals surface area contributed by atoms with Gasteiger partial charge in [-0.3, -0.25) is 4.68 Å². The molecule has 6 nitrogen and oxygen atoms in total. The van der Waals surface area contributed by atoms with Gasteiger partial charge in [0.1, 0.15) is 0 Å². The second-order valence-corrected chi connectivity index (χ2v) is 5.62. The van der Waals surface area contributed by atoms with Crippen LogP contribution in [0.3, 0.4) is 0 Å². The maximum Gasteiger partial charge on any atom is 0.435 e. The normalized spacial score (nSPS) is 16.5. The average molecular weight is 320 g/mol. The highest BCUT2D eigenvalue weighted by Crippen LogP contribution is 2.33.